The predicted octanol–water partition coefficient (Wildman–Crippen LogP) is 5.91. The van der Waals surface area contributed by atoms with Crippen LogP contribution in [0.4, 0.5) is 14.5 Å². The zero-order valence-corrected chi connectivity index (χ0v) is 18.7. The van der Waals surface area contributed by atoms with Crippen LogP contribution in [0.5, 0.6) is 5.75 Å². The standard InChI is InChI=1S/C27H30F2N2O/c1-20-5-3-4-6-25(20)31-17-15-30(16-18-31)14-13-27(22-7-9-23(28)10-8-22)32-26-12-11-24(29)19-21(26)2/h3-12,19,27H,13-18H2,1-2H3. The molecule has 3 aromatic rings. The Hall–Kier alpha value is -2.92. The third-order valence-electron chi connectivity index (χ3n) is 6.18. The first-order chi connectivity index (χ1) is 15.5. The largest absolute Gasteiger partial charge is 0.485 e. The van der Waals surface area contributed by atoms with Crippen molar-refractivity contribution in [2.24, 2.45) is 0 Å². The normalized spacial score (nSPS) is 15.6. The van der Waals surface area contributed by atoms with Crippen molar-refractivity contribution in [2.75, 3.05) is 37.6 Å². The van der Waals surface area contributed by atoms with Crippen LogP contribution in [0.2, 0.25) is 0 Å². The van der Waals surface area contributed by atoms with Crippen molar-refractivity contribution in [3.63, 3.8) is 0 Å². The van der Waals surface area contributed by atoms with Crippen molar-refractivity contribution in [1.29, 1.82) is 0 Å². The molecule has 32 heavy (non-hydrogen) atoms. The van der Waals surface area contributed by atoms with Crippen molar-refractivity contribution in [2.45, 2.75) is 26.4 Å². The Morgan fingerprint density at radius 1 is 0.812 bits per heavy atom. The molecule has 0 spiro atoms. The summed E-state index contributed by atoms with van der Waals surface area (Å²) >= 11 is 0. The molecule has 0 amide bonds. The summed E-state index contributed by atoms with van der Waals surface area (Å²) in [6, 6.07) is 19.5. The second-order valence-electron chi connectivity index (χ2n) is 8.47. The van der Waals surface area contributed by atoms with E-state index in [-0.39, 0.29) is 17.7 Å². The van der Waals surface area contributed by atoms with Gasteiger partial charge in [-0.15, -0.1) is 0 Å². The van der Waals surface area contributed by atoms with Gasteiger partial charge in [0.1, 0.15) is 23.5 Å². The van der Waals surface area contributed by atoms with E-state index in [1.165, 1.54) is 35.5 Å². The summed E-state index contributed by atoms with van der Waals surface area (Å²) in [6.07, 6.45) is 0.543. The number of ether oxygens (including phenoxy) is 1. The zero-order valence-electron chi connectivity index (χ0n) is 18.7. The first-order valence-corrected chi connectivity index (χ1v) is 11.2. The summed E-state index contributed by atoms with van der Waals surface area (Å²) in [5.41, 5.74) is 4.30. The lowest BCUT2D eigenvalue weighted by atomic mass is 10.1. The van der Waals surface area contributed by atoms with Gasteiger partial charge in [0.25, 0.3) is 0 Å². The quantitative estimate of drug-likeness (QED) is 0.458. The highest BCUT2D eigenvalue weighted by molar-refractivity contribution is 5.53. The molecule has 1 saturated heterocycles. The van der Waals surface area contributed by atoms with E-state index in [2.05, 4.69) is 41.0 Å². The number of para-hydroxylation sites is 1. The molecule has 0 aromatic heterocycles. The van der Waals surface area contributed by atoms with Gasteiger partial charge >= 0.3 is 0 Å². The molecule has 1 atom stereocenters. The molecule has 1 aliphatic heterocycles. The second kappa shape index (κ2) is 10.1. The lowest BCUT2D eigenvalue weighted by molar-refractivity contribution is 0.159. The van der Waals surface area contributed by atoms with E-state index in [0.29, 0.717) is 5.75 Å². The van der Waals surface area contributed by atoms with Gasteiger partial charge in [-0.1, -0.05) is 30.3 Å². The fourth-order valence-corrected chi connectivity index (χ4v) is 4.30. The van der Waals surface area contributed by atoms with Crippen molar-refractivity contribution in [1.82, 2.24) is 4.90 Å². The highest BCUT2D eigenvalue weighted by Gasteiger charge is 2.21. The molecule has 1 unspecified atom stereocenters. The van der Waals surface area contributed by atoms with E-state index in [1.807, 2.05) is 6.92 Å². The number of halogens is 2. The van der Waals surface area contributed by atoms with Crippen molar-refractivity contribution in [3.8, 4) is 5.75 Å². The zero-order chi connectivity index (χ0) is 22.5. The molecule has 5 heteroatoms. The van der Waals surface area contributed by atoms with Gasteiger partial charge in [0.05, 0.1) is 0 Å². The molecule has 1 heterocycles. The van der Waals surface area contributed by atoms with Crippen LogP contribution in [0.15, 0.2) is 66.7 Å². The average molecular weight is 437 g/mol. The Morgan fingerprint density at radius 3 is 2.19 bits per heavy atom. The van der Waals surface area contributed by atoms with E-state index in [1.54, 1.807) is 18.2 Å². The minimum atomic E-state index is -0.278. The molecular formula is C27H30F2N2O. The number of aryl methyl sites for hydroxylation is 2. The number of benzene rings is 3. The second-order valence-corrected chi connectivity index (χ2v) is 8.47. The van der Waals surface area contributed by atoms with Crippen LogP contribution in [0.3, 0.4) is 0 Å². The minimum absolute atomic E-state index is 0.228. The highest BCUT2D eigenvalue weighted by Crippen LogP contribution is 2.29. The van der Waals surface area contributed by atoms with Crippen LogP contribution in [0.1, 0.15) is 29.2 Å². The molecule has 3 nitrogen and oxygen atoms in total. The van der Waals surface area contributed by atoms with Crippen LogP contribution in [-0.4, -0.2) is 37.6 Å². The number of rotatable bonds is 7. The molecule has 1 aliphatic rings. The lowest BCUT2D eigenvalue weighted by Crippen LogP contribution is -2.47. The highest BCUT2D eigenvalue weighted by atomic mass is 19.1. The van der Waals surface area contributed by atoms with Gasteiger partial charge in [-0.2, -0.15) is 0 Å². The van der Waals surface area contributed by atoms with E-state index >= 15 is 0 Å². The van der Waals surface area contributed by atoms with E-state index < -0.39 is 0 Å². The molecule has 0 aliphatic carbocycles. The lowest BCUT2D eigenvalue weighted by Gasteiger charge is -2.37. The minimum Gasteiger partial charge on any atom is -0.485 e. The van der Waals surface area contributed by atoms with E-state index in [4.69, 9.17) is 4.74 Å². The van der Waals surface area contributed by atoms with Crippen molar-refractivity contribution in [3.05, 3.63) is 95.1 Å². The van der Waals surface area contributed by atoms with Gasteiger partial charge in [0.15, 0.2) is 0 Å². The summed E-state index contributed by atoms with van der Waals surface area (Å²) in [7, 11) is 0. The summed E-state index contributed by atoms with van der Waals surface area (Å²) in [4.78, 5) is 4.90. The van der Waals surface area contributed by atoms with Gasteiger partial charge in [0, 0.05) is 44.8 Å². The number of piperazine rings is 1. The van der Waals surface area contributed by atoms with E-state index in [0.717, 1.165) is 50.3 Å². The first-order valence-electron chi connectivity index (χ1n) is 11.2. The monoisotopic (exact) mass is 436 g/mol. The molecule has 0 bridgehead atoms. The Kier molecular flexibility index (Phi) is 7.05. The molecule has 0 saturated carbocycles. The SMILES string of the molecule is Cc1cc(F)ccc1OC(CCN1CCN(c2ccccc2C)CC1)c1ccc(F)cc1. The number of hydrogen-bond acceptors (Lipinski definition) is 3. The van der Waals surface area contributed by atoms with Crippen LogP contribution in [-0.2, 0) is 0 Å². The van der Waals surface area contributed by atoms with Crippen LogP contribution < -0.4 is 9.64 Å². The smallest absolute Gasteiger partial charge is 0.125 e. The summed E-state index contributed by atoms with van der Waals surface area (Å²) in [6.45, 7) is 8.83. The maximum atomic E-state index is 13.5. The van der Waals surface area contributed by atoms with Crippen molar-refractivity contribution >= 4 is 5.69 Å². The van der Waals surface area contributed by atoms with E-state index in [9.17, 15) is 8.78 Å². The van der Waals surface area contributed by atoms with Gasteiger partial charge in [0.2, 0.25) is 0 Å². The van der Waals surface area contributed by atoms with Crippen LogP contribution >= 0.6 is 0 Å². The van der Waals surface area contributed by atoms with Crippen LogP contribution in [0, 0.1) is 25.5 Å². The topological polar surface area (TPSA) is 15.7 Å². The fourth-order valence-electron chi connectivity index (χ4n) is 4.30. The third kappa shape index (κ3) is 5.46. The molecule has 4 rings (SSSR count). The summed E-state index contributed by atoms with van der Waals surface area (Å²) in [5, 5.41) is 0. The predicted molar refractivity (Wildman–Crippen MR) is 125 cm³/mol. The maximum Gasteiger partial charge on any atom is 0.125 e. The Bertz CT molecular complexity index is 1030. The molecule has 0 N–H and O–H groups in total. The van der Waals surface area contributed by atoms with Gasteiger partial charge < -0.3 is 9.64 Å². The van der Waals surface area contributed by atoms with Crippen molar-refractivity contribution < 1.29 is 13.5 Å². The molecule has 0 radical (unpaired) electrons. The average Bonchev–Trinajstić information content (AvgIpc) is 2.79. The fraction of sp³-hybridized carbons (Fsp3) is 0.333. The van der Waals surface area contributed by atoms with Crippen LogP contribution in [0.25, 0.3) is 0 Å². The summed E-state index contributed by atoms with van der Waals surface area (Å²) < 4.78 is 33.3. The van der Waals surface area contributed by atoms with Gasteiger partial charge in [-0.3, -0.25) is 4.90 Å². The van der Waals surface area contributed by atoms with Gasteiger partial charge in [-0.05, 0) is 66.9 Å². The Morgan fingerprint density at radius 2 is 1.50 bits per heavy atom. The molecular weight excluding hydrogens is 406 g/mol. The Labute approximate surface area is 189 Å². The molecule has 168 valence electrons. The molecule has 3 aromatic carbocycles. The Balaban J connectivity index is 1.40. The van der Waals surface area contributed by atoms with Gasteiger partial charge in [-0.25, -0.2) is 8.78 Å². The molecule has 1 fully saturated rings. The number of nitrogens with zero attached hydrogens (tertiary/aromatic N) is 2. The first kappa shape index (κ1) is 22.3. The third-order valence-corrected chi connectivity index (χ3v) is 6.18. The summed E-state index contributed by atoms with van der Waals surface area (Å²) in [5.74, 6) is 0.114. The number of hydrogen-bond donors (Lipinski definition) is 0. The maximum absolute atomic E-state index is 13.5. The number of anilines is 1.